The van der Waals surface area contributed by atoms with Crippen LogP contribution in [0.3, 0.4) is 0 Å². The number of benzene rings is 2. The average Bonchev–Trinajstić information content (AvgIpc) is 2.93. The van der Waals surface area contributed by atoms with Gasteiger partial charge in [0, 0.05) is 5.69 Å². The van der Waals surface area contributed by atoms with Crippen LogP contribution >= 0.6 is 0 Å². The summed E-state index contributed by atoms with van der Waals surface area (Å²) in [6.07, 6.45) is 0.705. The van der Waals surface area contributed by atoms with Crippen LogP contribution in [0.1, 0.15) is 17.2 Å². The van der Waals surface area contributed by atoms with E-state index in [0.29, 0.717) is 6.42 Å². The van der Waals surface area contributed by atoms with Crippen LogP contribution in [-0.2, 0) is 16.0 Å². The first-order valence-corrected chi connectivity index (χ1v) is 7.29. The second-order valence-corrected chi connectivity index (χ2v) is 5.38. The van der Waals surface area contributed by atoms with Crippen LogP contribution in [0.4, 0.5) is 5.69 Å². The number of hydrogen-bond donors (Lipinski definition) is 1. The van der Waals surface area contributed by atoms with Gasteiger partial charge in [-0.3, -0.25) is 4.79 Å². The standard InChI is InChI=1S/C18H19NO3/c1-21-14-9-7-13(8-10-14)19-17-15-6-4-3-5-12(15)11-16(17)18(20)22-2/h3-10,16-17,19H,11H2,1-2H3/t16-,17+/m1/s1. The third-order valence-electron chi connectivity index (χ3n) is 4.15. The maximum atomic E-state index is 12.1. The molecule has 0 spiro atoms. The Kier molecular flexibility index (Phi) is 4.00. The highest BCUT2D eigenvalue weighted by atomic mass is 16.5. The third kappa shape index (κ3) is 2.64. The fraction of sp³-hybridized carbons (Fsp3) is 0.278. The molecule has 0 saturated carbocycles. The Bertz CT molecular complexity index is 666. The molecular weight excluding hydrogens is 278 g/mol. The highest BCUT2D eigenvalue weighted by Gasteiger charge is 2.37. The highest BCUT2D eigenvalue weighted by molar-refractivity contribution is 5.76. The lowest BCUT2D eigenvalue weighted by Gasteiger charge is -2.21. The lowest BCUT2D eigenvalue weighted by molar-refractivity contribution is -0.145. The molecule has 2 atom stereocenters. The van der Waals surface area contributed by atoms with E-state index >= 15 is 0 Å². The van der Waals surface area contributed by atoms with E-state index in [1.54, 1.807) is 7.11 Å². The Hall–Kier alpha value is -2.49. The third-order valence-corrected chi connectivity index (χ3v) is 4.15. The van der Waals surface area contributed by atoms with Gasteiger partial charge in [-0.05, 0) is 41.8 Å². The van der Waals surface area contributed by atoms with Crippen LogP contribution in [0, 0.1) is 5.92 Å². The van der Waals surface area contributed by atoms with Gasteiger partial charge >= 0.3 is 5.97 Å². The van der Waals surface area contributed by atoms with Crippen LogP contribution in [-0.4, -0.2) is 20.2 Å². The second kappa shape index (κ2) is 6.10. The molecule has 22 heavy (non-hydrogen) atoms. The zero-order valence-corrected chi connectivity index (χ0v) is 12.7. The van der Waals surface area contributed by atoms with Crippen molar-refractivity contribution in [1.82, 2.24) is 0 Å². The summed E-state index contributed by atoms with van der Waals surface area (Å²) in [6, 6.07) is 15.8. The average molecular weight is 297 g/mol. The molecular formula is C18H19NO3. The number of fused-ring (bicyclic) bond motifs is 1. The van der Waals surface area contributed by atoms with E-state index in [4.69, 9.17) is 9.47 Å². The zero-order chi connectivity index (χ0) is 15.5. The van der Waals surface area contributed by atoms with Crippen molar-refractivity contribution in [1.29, 1.82) is 0 Å². The lowest BCUT2D eigenvalue weighted by atomic mass is 10.0. The van der Waals surface area contributed by atoms with Crippen LogP contribution in [0.2, 0.25) is 0 Å². The SMILES string of the molecule is COC(=O)[C@@H]1Cc2ccccc2[C@@H]1Nc1ccc(OC)cc1. The quantitative estimate of drug-likeness (QED) is 0.880. The zero-order valence-electron chi connectivity index (χ0n) is 12.7. The van der Waals surface area contributed by atoms with E-state index in [1.165, 1.54) is 12.7 Å². The first-order valence-electron chi connectivity index (χ1n) is 7.29. The topological polar surface area (TPSA) is 47.6 Å². The minimum Gasteiger partial charge on any atom is -0.497 e. The van der Waals surface area contributed by atoms with Gasteiger partial charge < -0.3 is 14.8 Å². The monoisotopic (exact) mass is 297 g/mol. The first kappa shape index (κ1) is 14.4. The van der Waals surface area contributed by atoms with Crippen LogP contribution in [0.5, 0.6) is 5.75 Å². The summed E-state index contributed by atoms with van der Waals surface area (Å²) in [4.78, 5) is 12.1. The molecule has 2 aromatic rings. The predicted molar refractivity (Wildman–Crippen MR) is 85.0 cm³/mol. The Morgan fingerprint density at radius 2 is 1.82 bits per heavy atom. The van der Waals surface area contributed by atoms with Crippen molar-refractivity contribution in [3.05, 3.63) is 59.7 Å². The molecule has 1 aliphatic carbocycles. The molecule has 0 radical (unpaired) electrons. The molecule has 114 valence electrons. The summed E-state index contributed by atoms with van der Waals surface area (Å²) in [5.74, 6) is 0.425. The molecule has 4 nitrogen and oxygen atoms in total. The molecule has 1 N–H and O–H groups in total. The Labute approximate surface area is 130 Å². The van der Waals surface area contributed by atoms with Crippen LogP contribution in [0.25, 0.3) is 0 Å². The number of rotatable bonds is 4. The van der Waals surface area contributed by atoms with Crippen molar-refractivity contribution < 1.29 is 14.3 Å². The fourth-order valence-corrected chi connectivity index (χ4v) is 3.01. The Morgan fingerprint density at radius 1 is 1.09 bits per heavy atom. The minimum absolute atomic E-state index is 0.0722. The number of hydrogen-bond acceptors (Lipinski definition) is 4. The van der Waals surface area contributed by atoms with E-state index < -0.39 is 0 Å². The highest BCUT2D eigenvalue weighted by Crippen LogP contribution is 2.39. The number of nitrogens with one attached hydrogen (secondary N) is 1. The Morgan fingerprint density at radius 3 is 2.50 bits per heavy atom. The predicted octanol–water partition coefficient (Wildman–Crippen LogP) is 3.19. The van der Waals surface area contributed by atoms with Gasteiger partial charge in [0.15, 0.2) is 0 Å². The minimum atomic E-state index is -0.204. The number of carbonyl (C=O) groups is 1. The van der Waals surface area contributed by atoms with Gasteiger partial charge in [-0.2, -0.15) is 0 Å². The molecule has 4 heteroatoms. The summed E-state index contributed by atoms with van der Waals surface area (Å²) >= 11 is 0. The largest absolute Gasteiger partial charge is 0.497 e. The van der Waals surface area contributed by atoms with Crippen molar-refractivity contribution in [2.75, 3.05) is 19.5 Å². The summed E-state index contributed by atoms with van der Waals surface area (Å²) < 4.78 is 10.1. The van der Waals surface area contributed by atoms with Crippen molar-refractivity contribution in [2.24, 2.45) is 5.92 Å². The van der Waals surface area contributed by atoms with Gasteiger partial charge in [0.2, 0.25) is 0 Å². The van der Waals surface area contributed by atoms with Gasteiger partial charge in [-0.15, -0.1) is 0 Å². The number of methoxy groups -OCH3 is 2. The van der Waals surface area contributed by atoms with Crippen molar-refractivity contribution in [3.8, 4) is 5.75 Å². The first-order chi connectivity index (χ1) is 10.7. The van der Waals surface area contributed by atoms with Crippen LogP contribution < -0.4 is 10.1 Å². The molecule has 0 bridgehead atoms. The van der Waals surface area contributed by atoms with Gasteiger partial charge in [0.1, 0.15) is 5.75 Å². The summed E-state index contributed by atoms with van der Waals surface area (Å²) in [7, 11) is 3.08. The number of ether oxygens (including phenoxy) is 2. The number of carbonyl (C=O) groups excluding carboxylic acids is 1. The molecule has 1 aliphatic rings. The Balaban J connectivity index is 1.88. The maximum absolute atomic E-state index is 12.1. The van der Waals surface area contributed by atoms with Crippen LogP contribution in [0.15, 0.2) is 48.5 Å². The second-order valence-electron chi connectivity index (χ2n) is 5.38. The molecule has 0 aromatic heterocycles. The summed E-state index contributed by atoms with van der Waals surface area (Å²) in [5, 5.41) is 3.46. The summed E-state index contributed by atoms with van der Waals surface area (Å²) in [6.45, 7) is 0. The van der Waals surface area contributed by atoms with Gasteiger partial charge in [0.25, 0.3) is 0 Å². The molecule has 3 rings (SSSR count). The molecule has 0 amide bonds. The number of esters is 1. The van der Waals surface area contributed by atoms with Gasteiger partial charge in [-0.25, -0.2) is 0 Å². The lowest BCUT2D eigenvalue weighted by Crippen LogP contribution is -2.25. The van der Waals surface area contributed by atoms with E-state index in [-0.39, 0.29) is 17.9 Å². The normalized spacial score (nSPS) is 19.4. The molecule has 0 unspecified atom stereocenters. The van der Waals surface area contributed by atoms with Crippen molar-refractivity contribution >= 4 is 11.7 Å². The maximum Gasteiger partial charge on any atom is 0.311 e. The fourth-order valence-electron chi connectivity index (χ4n) is 3.01. The molecule has 2 aromatic carbocycles. The van der Waals surface area contributed by atoms with Crippen molar-refractivity contribution in [2.45, 2.75) is 12.5 Å². The van der Waals surface area contributed by atoms with Gasteiger partial charge in [-0.1, -0.05) is 24.3 Å². The molecule has 0 fully saturated rings. The van der Waals surface area contributed by atoms with E-state index in [2.05, 4.69) is 17.4 Å². The van der Waals surface area contributed by atoms with Crippen molar-refractivity contribution in [3.63, 3.8) is 0 Å². The summed E-state index contributed by atoms with van der Waals surface area (Å²) in [5.41, 5.74) is 3.31. The van der Waals surface area contributed by atoms with E-state index in [9.17, 15) is 4.79 Å². The molecule has 0 aliphatic heterocycles. The number of anilines is 1. The van der Waals surface area contributed by atoms with E-state index in [1.807, 2.05) is 36.4 Å². The van der Waals surface area contributed by atoms with Gasteiger partial charge in [0.05, 0.1) is 26.2 Å². The molecule has 0 heterocycles. The molecule has 0 saturated heterocycles. The van der Waals surface area contributed by atoms with E-state index in [0.717, 1.165) is 17.0 Å². The smallest absolute Gasteiger partial charge is 0.311 e.